The number of hydrogen-bond acceptors (Lipinski definition) is 4. The van der Waals surface area contributed by atoms with E-state index in [-0.39, 0.29) is 28.2 Å². The Hall–Kier alpha value is -1.95. The highest BCUT2D eigenvalue weighted by Crippen LogP contribution is 2.40. The maximum absolute atomic E-state index is 12.3. The highest BCUT2D eigenvalue weighted by atomic mass is 35.5. The first-order chi connectivity index (χ1) is 12.9. The lowest BCUT2D eigenvalue weighted by atomic mass is 10.0. The molecule has 0 heterocycles. The molecule has 0 bridgehead atoms. The first kappa shape index (κ1) is 21.4. The number of nitrogens with one attached hydrogen (secondary N) is 1. The van der Waals surface area contributed by atoms with Crippen molar-refractivity contribution in [1.82, 2.24) is 5.32 Å². The summed E-state index contributed by atoms with van der Waals surface area (Å²) in [5.74, 6) is 1.49. The van der Waals surface area contributed by atoms with E-state index in [4.69, 9.17) is 37.4 Å². The van der Waals surface area contributed by atoms with Crippen molar-refractivity contribution in [2.24, 2.45) is 0 Å². The number of carbonyl (C=O) groups is 1. The van der Waals surface area contributed by atoms with Gasteiger partial charge in [-0.25, -0.2) is 0 Å². The molecule has 0 radical (unpaired) electrons. The van der Waals surface area contributed by atoms with E-state index >= 15 is 0 Å². The molecular formula is C20H23Cl2NO4. The van der Waals surface area contributed by atoms with Gasteiger partial charge in [0.25, 0.3) is 5.91 Å². The molecule has 0 unspecified atom stereocenters. The summed E-state index contributed by atoms with van der Waals surface area (Å²) >= 11 is 12.7. The van der Waals surface area contributed by atoms with Crippen LogP contribution in [0.3, 0.4) is 0 Å². The molecule has 0 fully saturated rings. The fraction of sp³-hybridized carbons (Fsp3) is 0.350. The molecule has 0 aliphatic rings. The lowest BCUT2D eigenvalue weighted by Gasteiger charge is -2.16. The van der Waals surface area contributed by atoms with Crippen LogP contribution in [0.15, 0.2) is 30.3 Å². The van der Waals surface area contributed by atoms with Gasteiger partial charge in [0.05, 0.1) is 29.3 Å². The molecule has 2 aromatic carbocycles. The summed E-state index contributed by atoms with van der Waals surface area (Å²) in [4.78, 5) is 12.3. The second-order valence-corrected chi connectivity index (χ2v) is 6.93. The minimum atomic E-state index is -0.323. The number of rotatable bonds is 8. The van der Waals surface area contributed by atoms with E-state index in [1.165, 1.54) is 0 Å². The Morgan fingerprint density at radius 3 is 2.52 bits per heavy atom. The minimum Gasteiger partial charge on any atom is -0.496 e. The Morgan fingerprint density at radius 1 is 1.15 bits per heavy atom. The van der Waals surface area contributed by atoms with Gasteiger partial charge in [0.1, 0.15) is 11.5 Å². The van der Waals surface area contributed by atoms with Crippen molar-refractivity contribution in [3.8, 4) is 17.2 Å². The zero-order valence-electron chi connectivity index (χ0n) is 15.8. The number of methoxy groups -OCH3 is 2. The number of carbonyl (C=O) groups excluding carboxylic acids is 1. The van der Waals surface area contributed by atoms with E-state index in [9.17, 15) is 4.79 Å². The Morgan fingerprint density at radius 2 is 1.89 bits per heavy atom. The zero-order valence-corrected chi connectivity index (χ0v) is 17.3. The predicted octanol–water partition coefficient (Wildman–Crippen LogP) is 5.29. The fourth-order valence-corrected chi connectivity index (χ4v) is 3.04. The Bertz CT molecular complexity index is 809. The number of halogens is 2. The summed E-state index contributed by atoms with van der Waals surface area (Å²) in [6.07, 6.45) is 0. The quantitative estimate of drug-likeness (QED) is 0.599. The molecule has 0 atom stereocenters. The third kappa shape index (κ3) is 5.28. The zero-order chi connectivity index (χ0) is 20.0. The van der Waals surface area contributed by atoms with Crippen LogP contribution >= 0.6 is 23.2 Å². The molecule has 5 nitrogen and oxygen atoms in total. The van der Waals surface area contributed by atoms with Crippen molar-refractivity contribution in [1.29, 1.82) is 0 Å². The topological polar surface area (TPSA) is 56.8 Å². The second-order valence-electron chi connectivity index (χ2n) is 6.15. The number of benzene rings is 2. The molecular weight excluding hydrogens is 389 g/mol. The predicted molar refractivity (Wildman–Crippen MR) is 108 cm³/mol. The number of ether oxygens (including phenoxy) is 3. The molecule has 1 N–H and O–H groups in total. The minimum absolute atomic E-state index is 0.152. The molecule has 146 valence electrons. The average molecular weight is 412 g/mol. The molecule has 0 spiro atoms. The fourth-order valence-electron chi connectivity index (χ4n) is 2.51. The van der Waals surface area contributed by atoms with Crippen LogP contribution in [0.5, 0.6) is 17.2 Å². The van der Waals surface area contributed by atoms with Crippen LogP contribution in [-0.2, 0) is 4.74 Å². The molecule has 0 saturated heterocycles. The third-order valence-corrected chi connectivity index (χ3v) is 4.60. The molecule has 2 aromatic rings. The summed E-state index contributed by atoms with van der Waals surface area (Å²) in [6.45, 7) is 4.91. The van der Waals surface area contributed by atoms with Crippen LogP contribution in [0.4, 0.5) is 0 Å². The molecule has 27 heavy (non-hydrogen) atoms. The largest absolute Gasteiger partial charge is 0.496 e. The lowest BCUT2D eigenvalue weighted by molar-refractivity contribution is 0.0937. The first-order valence-electron chi connectivity index (χ1n) is 8.50. The lowest BCUT2D eigenvalue weighted by Crippen LogP contribution is -2.27. The highest BCUT2D eigenvalue weighted by Gasteiger charge is 2.19. The Kier molecular flexibility index (Phi) is 7.78. The van der Waals surface area contributed by atoms with Crippen molar-refractivity contribution < 1.29 is 19.0 Å². The normalized spacial score (nSPS) is 10.8. The first-order valence-corrected chi connectivity index (χ1v) is 9.25. The van der Waals surface area contributed by atoms with E-state index in [0.717, 1.165) is 11.3 Å². The van der Waals surface area contributed by atoms with Gasteiger partial charge < -0.3 is 19.5 Å². The third-order valence-electron chi connectivity index (χ3n) is 3.93. The molecule has 2 rings (SSSR count). The van der Waals surface area contributed by atoms with Crippen molar-refractivity contribution in [3.63, 3.8) is 0 Å². The van der Waals surface area contributed by atoms with Crippen molar-refractivity contribution in [2.45, 2.75) is 19.8 Å². The van der Waals surface area contributed by atoms with Gasteiger partial charge in [-0.3, -0.25) is 4.79 Å². The van der Waals surface area contributed by atoms with Gasteiger partial charge >= 0.3 is 0 Å². The molecule has 7 heteroatoms. The molecule has 0 saturated carbocycles. The van der Waals surface area contributed by atoms with Crippen LogP contribution in [0.25, 0.3) is 0 Å². The maximum atomic E-state index is 12.3. The summed E-state index contributed by atoms with van der Waals surface area (Å²) < 4.78 is 16.2. The van der Waals surface area contributed by atoms with Crippen LogP contribution in [-0.4, -0.2) is 33.3 Å². The van der Waals surface area contributed by atoms with Gasteiger partial charge in [0.2, 0.25) is 0 Å². The van der Waals surface area contributed by atoms with Gasteiger partial charge in [0, 0.05) is 19.2 Å². The smallest absolute Gasteiger partial charge is 0.253 e. The van der Waals surface area contributed by atoms with Gasteiger partial charge in [0.15, 0.2) is 5.75 Å². The summed E-state index contributed by atoms with van der Waals surface area (Å²) in [6, 6.07) is 8.62. The molecule has 0 aromatic heterocycles. The van der Waals surface area contributed by atoms with Crippen molar-refractivity contribution in [2.75, 3.05) is 27.4 Å². The van der Waals surface area contributed by atoms with E-state index in [1.807, 2.05) is 12.1 Å². The monoisotopic (exact) mass is 411 g/mol. The standard InChI is InChI=1S/C20H23Cl2NO4/c1-12(2)15-11-13(5-8-17(15)26-4)27-19-16(21)7-6-14(18(19)22)20(24)23-9-10-25-3/h5-8,11-12H,9-10H2,1-4H3,(H,23,24). The Labute approximate surface area is 169 Å². The maximum Gasteiger partial charge on any atom is 0.253 e. The summed E-state index contributed by atoms with van der Waals surface area (Å²) in [7, 11) is 3.19. The number of amides is 1. The van der Waals surface area contributed by atoms with Crippen LogP contribution in [0, 0.1) is 0 Å². The molecule has 1 amide bonds. The molecule has 0 aliphatic heterocycles. The van der Waals surface area contributed by atoms with E-state index in [1.54, 1.807) is 32.4 Å². The molecule has 0 aliphatic carbocycles. The number of hydrogen-bond donors (Lipinski definition) is 1. The van der Waals surface area contributed by atoms with Crippen LogP contribution in [0.1, 0.15) is 35.7 Å². The van der Waals surface area contributed by atoms with Gasteiger partial charge in [-0.15, -0.1) is 0 Å². The second kappa shape index (κ2) is 9.83. The van der Waals surface area contributed by atoms with Crippen molar-refractivity contribution in [3.05, 3.63) is 51.5 Å². The summed E-state index contributed by atoms with van der Waals surface area (Å²) in [5, 5.41) is 3.19. The van der Waals surface area contributed by atoms with E-state index < -0.39 is 0 Å². The van der Waals surface area contributed by atoms with Crippen LogP contribution in [0.2, 0.25) is 10.0 Å². The van der Waals surface area contributed by atoms with Gasteiger partial charge in [-0.1, -0.05) is 37.0 Å². The Balaban J connectivity index is 2.32. The van der Waals surface area contributed by atoms with Crippen LogP contribution < -0.4 is 14.8 Å². The highest BCUT2D eigenvalue weighted by molar-refractivity contribution is 6.39. The van der Waals surface area contributed by atoms with Gasteiger partial charge in [-0.2, -0.15) is 0 Å². The average Bonchev–Trinajstić information content (AvgIpc) is 2.65. The van der Waals surface area contributed by atoms with E-state index in [0.29, 0.717) is 23.9 Å². The summed E-state index contributed by atoms with van der Waals surface area (Å²) in [5.41, 5.74) is 1.28. The SMILES string of the molecule is COCCNC(=O)c1ccc(Cl)c(Oc2ccc(OC)c(C(C)C)c2)c1Cl. The van der Waals surface area contributed by atoms with E-state index in [2.05, 4.69) is 19.2 Å². The van der Waals surface area contributed by atoms with Gasteiger partial charge in [-0.05, 0) is 36.2 Å². The van der Waals surface area contributed by atoms with Crippen molar-refractivity contribution >= 4 is 29.1 Å².